The van der Waals surface area contributed by atoms with Crippen LogP contribution in [0.25, 0.3) is 0 Å². The molecule has 1 aromatic rings. The molecule has 4 atom stereocenters. The van der Waals surface area contributed by atoms with Gasteiger partial charge in [-0.05, 0) is 47.2 Å². The van der Waals surface area contributed by atoms with Crippen molar-refractivity contribution in [3.63, 3.8) is 0 Å². The average molecular weight is 478 g/mol. The number of allylic oxidation sites excluding steroid dienone is 2. The first-order valence-electron chi connectivity index (χ1n) is 9.29. The number of carbonyl (C=O) groups excluding carboxylic acids is 2. The topological polar surface area (TPSA) is 68.2 Å². The number of fused-ring (bicyclic) bond motifs is 5. The maximum absolute atomic E-state index is 12.8. The van der Waals surface area contributed by atoms with Crippen LogP contribution < -0.4 is 9.47 Å². The lowest BCUT2D eigenvalue weighted by molar-refractivity contribution is -0.140. The number of hydrogen-bond donors (Lipinski definition) is 0. The summed E-state index contributed by atoms with van der Waals surface area (Å²) in [7, 11) is 0. The van der Waals surface area contributed by atoms with Crippen molar-refractivity contribution in [2.75, 3.05) is 13.2 Å². The minimum atomic E-state index is -0.291. The summed E-state index contributed by atoms with van der Waals surface area (Å²) in [5, 5.41) is 5.45. The summed E-state index contributed by atoms with van der Waals surface area (Å²) < 4.78 is 11.6. The maximum atomic E-state index is 12.8. The summed E-state index contributed by atoms with van der Waals surface area (Å²) in [5.41, 5.74) is 0.547. The third kappa shape index (κ3) is 3.24. The Morgan fingerprint density at radius 1 is 1.31 bits per heavy atom. The van der Waals surface area contributed by atoms with E-state index in [1.807, 2.05) is 19.1 Å². The first-order valence-corrected chi connectivity index (χ1v) is 10.5. The molecule has 2 bridgehead atoms. The van der Waals surface area contributed by atoms with Crippen LogP contribution in [0.4, 0.5) is 0 Å². The standard InChI is InChI=1S/C21H18BrClN2O4/c1-3-7-29-19-14(28-4-2)9-13(17(22)18(19)23)10-24-25-20(26)15-11-5-6-12(8-11)16(15)21(25)27/h1,5-6,9-12,15-16H,4,7-8H2,2H3/t11-,12-,15-,16+/m0/s1. The van der Waals surface area contributed by atoms with E-state index in [2.05, 4.69) is 27.0 Å². The molecule has 3 aliphatic rings. The minimum absolute atomic E-state index is 0.0373. The van der Waals surface area contributed by atoms with Gasteiger partial charge in [0.2, 0.25) is 0 Å². The fraction of sp³-hybridized carbons (Fsp3) is 0.381. The Balaban J connectivity index is 1.62. The van der Waals surface area contributed by atoms with Gasteiger partial charge in [0.05, 0.1) is 24.7 Å². The summed E-state index contributed by atoms with van der Waals surface area (Å²) in [5.74, 6) is 2.32. The van der Waals surface area contributed by atoms with Crippen LogP contribution in [0.3, 0.4) is 0 Å². The lowest BCUT2D eigenvalue weighted by Gasteiger charge is -2.15. The molecule has 1 aliphatic heterocycles. The normalized spacial score (nSPS) is 27.0. The number of rotatable bonds is 6. The molecule has 0 radical (unpaired) electrons. The van der Waals surface area contributed by atoms with Gasteiger partial charge >= 0.3 is 0 Å². The SMILES string of the molecule is C#CCOc1c(OCC)cc(C=NN2C(=O)[C@@H]3[C@H](C2=O)[C@H]2C=C[C@H]3C2)c(Br)c1Cl. The van der Waals surface area contributed by atoms with E-state index in [1.165, 1.54) is 6.21 Å². The summed E-state index contributed by atoms with van der Waals surface area (Å²) in [6.45, 7) is 2.26. The van der Waals surface area contributed by atoms with Crippen molar-refractivity contribution in [3.8, 4) is 23.8 Å². The van der Waals surface area contributed by atoms with Gasteiger partial charge in [0.15, 0.2) is 11.5 Å². The Kier molecular flexibility index (Phi) is 5.41. The molecule has 150 valence electrons. The lowest BCUT2D eigenvalue weighted by atomic mass is 9.85. The molecule has 29 heavy (non-hydrogen) atoms. The summed E-state index contributed by atoms with van der Waals surface area (Å²) >= 11 is 9.83. The van der Waals surface area contributed by atoms with Crippen LogP contribution in [0.1, 0.15) is 18.9 Å². The number of halogens is 2. The zero-order valence-corrected chi connectivity index (χ0v) is 17.9. The van der Waals surface area contributed by atoms with E-state index in [0.29, 0.717) is 28.1 Å². The van der Waals surface area contributed by atoms with Crippen LogP contribution in [-0.4, -0.2) is 36.3 Å². The van der Waals surface area contributed by atoms with Crippen LogP contribution in [-0.2, 0) is 9.59 Å². The number of hydrazone groups is 1. The molecule has 0 aromatic heterocycles. The Hall–Kier alpha value is -2.30. The predicted molar refractivity (Wildman–Crippen MR) is 112 cm³/mol. The second kappa shape index (κ2) is 7.85. The van der Waals surface area contributed by atoms with Crippen molar-refractivity contribution in [1.29, 1.82) is 0 Å². The van der Waals surface area contributed by atoms with Crippen LogP contribution >= 0.6 is 27.5 Å². The monoisotopic (exact) mass is 476 g/mol. The van der Waals surface area contributed by atoms with Crippen LogP contribution in [0.15, 0.2) is 27.8 Å². The number of nitrogens with zero attached hydrogens (tertiary/aromatic N) is 2. The third-order valence-electron chi connectivity index (χ3n) is 5.51. The molecule has 1 saturated heterocycles. The zero-order valence-electron chi connectivity index (χ0n) is 15.6. The van der Waals surface area contributed by atoms with Crippen molar-refractivity contribution in [2.45, 2.75) is 13.3 Å². The summed E-state index contributed by atoms with van der Waals surface area (Å²) in [4.78, 5) is 25.5. The van der Waals surface area contributed by atoms with Crippen LogP contribution in [0, 0.1) is 36.0 Å². The molecule has 2 amide bonds. The summed E-state index contributed by atoms with van der Waals surface area (Å²) in [6, 6.07) is 1.67. The van der Waals surface area contributed by atoms with E-state index in [9.17, 15) is 9.59 Å². The van der Waals surface area contributed by atoms with Crippen LogP contribution in [0.5, 0.6) is 11.5 Å². The molecule has 1 saturated carbocycles. The Morgan fingerprint density at radius 2 is 1.97 bits per heavy atom. The number of imide groups is 1. The molecule has 2 fully saturated rings. The van der Waals surface area contributed by atoms with E-state index in [1.54, 1.807) is 6.07 Å². The lowest BCUT2D eigenvalue weighted by Crippen LogP contribution is -2.28. The fourth-order valence-electron chi connectivity index (χ4n) is 4.33. The molecular formula is C21H18BrClN2O4. The van der Waals surface area contributed by atoms with Crippen LogP contribution in [0.2, 0.25) is 5.02 Å². The molecular weight excluding hydrogens is 460 g/mol. The second-order valence-corrected chi connectivity index (χ2v) is 8.25. The van der Waals surface area contributed by atoms with Gasteiger partial charge < -0.3 is 9.47 Å². The fourth-order valence-corrected chi connectivity index (χ4v) is 4.98. The molecule has 0 unspecified atom stereocenters. The highest BCUT2D eigenvalue weighted by molar-refractivity contribution is 9.10. The number of ether oxygens (including phenoxy) is 2. The van der Waals surface area contributed by atoms with Gasteiger partial charge in [-0.15, -0.1) is 6.42 Å². The second-order valence-electron chi connectivity index (χ2n) is 7.08. The molecule has 2 aliphatic carbocycles. The van der Waals surface area contributed by atoms with Gasteiger partial charge in [0.25, 0.3) is 11.8 Å². The highest BCUT2D eigenvalue weighted by Crippen LogP contribution is 2.52. The average Bonchev–Trinajstić information content (AvgIpc) is 3.38. The van der Waals surface area contributed by atoms with Gasteiger partial charge in [-0.25, -0.2) is 0 Å². The first-order chi connectivity index (χ1) is 14.0. The highest BCUT2D eigenvalue weighted by atomic mass is 79.9. The van der Waals surface area contributed by atoms with E-state index < -0.39 is 0 Å². The first kappa shape index (κ1) is 20.0. The number of hydrogen-bond acceptors (Lipinski definition) is 5. The largest absolute Gasteiger partial charge is 0.490 e. The number of amides is 2. The zero-order chi connectivity index (χ0) is 20.7. The van der Waals surface area contributed by atoms with E-state index in [4.69, 9.17) is 27.5 Å². The van der Waals surface area contributed by atoms with Gasteiger partial charge in [-0.2, -0.15) is 10.1 Å². The molecule has 6 nitrogen and oxygen atoms in total. The quantitative estimate of drug-likeness (QED) is 0.271. The van der Waals surface area contributed by atoms with Gasteiger partial charge in [-0.1, -0.05) is 29.7 Å². The number of terminal acetylenes is 1. The van der Waals surface area contributed by atoms with Crippen molar-refractivity contribution in [2.24, 2.45) is 28.8 Å². The Bertz CT molecular complexity index is 954. The van der Waals surface area contributed by atoms with Crippen molar-refractivity contribution < 1.29 is 19.1 Å². The molecule has 0 N–H and O–H groups in total. The van der Waals surface area contributed by atoms with E-state index in [0.717, 1.165) is 11.4 Å². The number of benzene rings is 1. The molecule has 0 spiro atoms. The number of carbonyl (C=O) groups is 2. The predicted octanol–water partition coefficient (Wildman–Crippen LogP) is 3.65. The molecule has 4 rings (SSSR count). The third-order valence-corrected chi connectivity index (χ3v) is 6.96. The van der Waals surface area contributed by atoms with E-state index in [-0.39, 0.29) is 47.1 Å². The minimum Gasteiger partial charge on any atom is -0.490 e. The van der Waals surface area contributed by atoms with Gasteiger partial charge in [0.1, 0.15) is 11.6 Å². The Morgan fingerprint density at radius 3 is 2.55 bits per heavy atom. The van der Waals surface area contributed by atoms with Gasteiger partial charge in [-0.3, -0.25) is 9.59 Å². The Labute approximate surface area is 182 Å². The smallest absolute Gasteiger partial charge is 0.254 e. The van der Waals surface area contributed by atoms with Crippen molar-refractivity contribution in [1.82, 2.24) is 5.01 Å². The molecule has 1 heterocycles. The maximum Gasteiger partial charge on any atom is 0.254 e. The molecule has 1 aromatic carbocycles. The van der Waals surface area contributed by atoms with E-state index >= 15 is 0 Å². The summed E-state index contributed by atoms with van der Waals surface area (Å²) in [6.07, 6.45) is 11.7. The van der Waals surface area contributed by atoms with Crippen molar-refractivity contribution >= 4 is 45.6 Å². The molecule has 8 heteroatoms. The van der Waals surface area contributed by atoms with Gasteiger partial charge in [0, 0.05) is 10.0 Å². The van der Waals surface area contributed by atoms with Crippen molar-refractivity contribution in [3.05, 3.63) is 33.3 Å². The highest BCUT2D eigenvalue weighted by Gasteiger charge is 2.59.